The molecule has 15 heavy (non-hydrogen) atoms. The molecule has 0 radical (unpaired) electrons. The van der Waals surface area contributed by atoms with Gasteiger partial charge in [-0.15, -0.1) is 0 Å². The van der Waals surface area contributed by atoms with E-state index in [1.807, 2.05) is 0 Å². The summed E-state index contributed by atoms with van der Waals surface area (Å²) in [5, 5.41) is 0. The molecule has 0 aliphatic heterocycles. The zero-order valence-corrected chi connectivity index (χ0v) is 11.0. The first-order chi connectivity index (χ1) is 6.89. The van der Waals surface area contributed by atoms with Crippen LogP contribution in [0.5, 0.6) is 0 Å². The number of rotatable bonds is 4. The quantitative estimate of drug-likeness (QED) is 0.683. The molecule has 1 rings (SSSR count). The van der Waals surface area contributed by atoms with Crippen molar-refractivity contribution in [3.8, 4) is 0 Å². The highest BCUT2D eigenvalue weighted by Gasteiger charge is 2.41. The second-order valence-electron chi connectivity index (χ2n) is 5.98. The molecule has 1 nitrogen and oxygen atoms in total. The molecule has 0 heterocycles. The van der Waals surface area contributed by atoms with E-state index in [4.69, 9.17) is 0 Å². The molecule has 0 N–H and O–H groups in total. The Morgan fingerprint density at radius 2 is 2.00 bits per heavy atom. The molecule has 0 saturated heterocycles. The molecule has 0 aromatic carbocycles. The second kappa shape index (κ2) is 4.67. The molecule has 1 aliphatic rings. The number of carbonyl (C=O) groups is 1. The van der Waals surface area contributed by atoms with Crippen molar-refractivity contribution < 1.29 is 4.79 Å². The maximum atomic E-state index is 11.9. The van der Waals surface area contributed by atoms with Gasteiger partial charge in [-0.3, -0.25) is 4.79 Å². The molecular formula is C14H26O. The molecule has 1 fully saturated rings. The maximum absolute atomic E-state index is 11.9. The summed E-state index contributed by atoms with van der Waals surface area (Å²) in [7, 11) is 0. The third-order valence-electron chi connectivity index (χ3n) is 4.88. The van der Waals surface area contributed by atoms with Crippen LogP contribution in [0.4, 0.5) is 0 Å². The Bertz CT molecular complexity index is 229. The molecule has 88 valence electrons. The van der Waals surface area contributed by atoms with E-state index in [0.29, 0.717) is 17.1 Å². The maximum Gasteiger partial charge on any atom is 0.135 e. The van der Waals surface area contributed by atoms with Gasteiger partial charge in [-0.25, -0.2) is 0 Å². The lowest BCUT2D eigenvalue weighted by molar-refractivity contribution is -0.124. The SMILES string of the molecule is CCC(C)C(=O)CC1CCC(C)C1(C)C. The standard InChI is InChI=1S/C14H26O/c1-6-10(2)13(15)9-12-8-7-11(3)14(12,4)5/h10-12H,6-9H2,1-5H3. The largest absolute Gasteiger partial charge is 0.299 e. The van der Waals surface area contributed by atoms with Crippen LogP contribution in [-0.2, 0) is 4.79 Å². The lowest BCUT2D eigenvalue weighted by Gasteiger charge is -2.31. The van der Waals surface area contributed by atoms with Crippen LogP contribution in [0.25, 0.3) is 0 Å². The number of hydrogen-bond acceptors (Lipinski definition) is 1. The van der Waals surface area contributed by atoms with E-state index in [0.717, 1.165) is 18.8 Å². The van der Waals surface area contributed by atoms with Crippen molar-refractivity contribution in [3.63, 3.8) is 0 Å². The van der Waals surface area contributed by atoms with Crippen LogP contribution in [-0.4, -0.2) is 5.78 Å². The van der Waals surface area contributed by atoms with Gasteiger partial charge < -0.3 is 0 Å². The topological polar surface area (TPSA) is 17.1 Å². The zero-order valence-electron chi connectivity index (χ0n) is 11.0. The van der Waals surface area contributed by atoms with E-state index in [9.17, 15) is 4.79 Å². The van der Waals surface area contributed by atoms with Crippen molar-refractivity contribution in [1.82, 2.24) is 0 Å². The summed E-state index contributed by atoms with van der Waals surface area (Å²) >= 11 is 0. The zero-order chi connectivity index (χ0) is 11.6. The Labute approximate surface area is 94.6 Å². The van der Waals surface area contributed by atoms with E-state index in [1.165, 1.54) is 12.8 Å². The van der Waals surface area contributed by atoms with E-state index in [1.54, 1.807) is 0 Å². The summed E-state index contributed by atoms with van der Waals surface area (Å²) in [6.07, 6.45) is 4.34. The molecule has 1 heteroatoms. The first kappa shape index (κ1) is 12.7. The predicted molar refractivity (Wildman–Crippen MR) is 64.7 cm³/mol. The van der Waals surface area contributed by atoms with Gasteiger partial charge in [-0.05, 0) is 36.5 Å². The normalized spacial score (nSPS) is 31.5. The van der Waals surface area contributed by atoms with E-state index >= 15 is 0 Å². The van der Waals surface area contributed by atoms with Gasteiger partial charge in [-0.2, -0.15) is 0 Å². The summed E-state index contributed by atoms with van der Waals surface area (Å²) in [6.45, 7) is 11.2. The van der Waals surface area contributed by atoms with Crippen molar-refractivity contribution in [2.75, 3.05) is 0 Å². The molecule has 3 unspecified atom stereocenters. The Morgan fingerprint density at radius 3 is 2.40 bits per heavy atom. The highest BCUT2D eigenvalue weighted by Crippen LogP contribution is 2.48. The summed E-state index contributed by atoms with van der Waals surface area (Å²) in [5.74, 6) is 2.13. The Balaban J connectivity index is 2.56. The van der Waals surface area contributed by atoms with E-state index < -0.39 is 0 Å². The first-order valence-electron chi connectivity index (χ1n) is 6.42. The molecule has 0 aromatic rings. The summed E-state index contributed by atoms with van der Waals surface area (Å²) in [6, 6.07) is 0. The van der Waals surface area contributed by atoms with Crippen molar-refractivity contribution in [3.05, 3.63) is 0 Å². The first-order valence-corrected chi connectivity index (χ1v) is 6.42. The third kappa shape index (κ3) is 2.62. The molecule has 0 bridgehead atoms. The minimum Gasteiger partial charge on any atom is -0.299 e. The molecule has 3 atom stereocenters. The average Bonchev–Trinajstić information content (AvgIpc) is 2.43. The smallest absolute Gasteiger partial charge is 0.135 e. The molecule has 1 saturated carbocycles. The van der Waals surface area contributed by atoms with Gasteiger partial charge in [-0.1, -0.05) is 34.6 Å². The fourth-order valence-electron chi connectivity index (χ4n) is 2.63. The molecule has 0 aromatic heterocycles. The average molecular weight is 210 g/mol. The second-order valence-corrected chi connectivity index (χ2v) is 5.98. The van der Waals surface area contributed by atoms with Gasteiger partial charge in [0.15, 0.2) is 0 Å². The van der Waals surface area contributed by atoms with E-state index in [-0.39, 0.29) is 5.92 Å². The van der Waals surface area contributed by atoms with Crippen LogP contribution in [0.2, 0.25) is 0 Å². The molecular weight excluding hydrogens is 184 g/mol. The van der Waals surface area contributed by atoms with Gasteiger partial charge in [0, 0.05) is 12.3 Å². The summed E-state index contributed by atoms with van der Waals surface area (Å²) < 4.78 is 0. The van der Waals surface area contributed by atoms with E-state index in [2.05, 4.69) is 34.6 Å². The fourth-order valence-corrected chi connectivity index (χ4v) is 2.63. The molecule has 0 spiro atoms. The van der Waals surface area contributed by atoms with Crippen LogP contribution in [0.3, 0.4) is 0 Å². The number of hydrogen-bond donors (Lipinski definition) is 0. The fraction of sp³-hybridized carbons (Fsp3) is 0.929. The van der Waals surface area contributed by atoms with Crippen LogP contribution < -0.4 is 0 Å². The molecule has 1 aliphatic carbocycles. The minimum atomic E-state index is 0.261. The van der Waals surface area contributed by atoms with Crippen LogP contribution >= 0.6 is 0 Å². The van der Waals surface area contributed by atoms with Crippen LogP contribution in [0, 0.1) is 23.2 Å². The van der Waals surface area contributed by atoms with Crippen LogP contribution in [0.1, 0.15) is 60.3 Å². The lowest BCUT2D eigenvalue weighted by Crippen LogP contribution is -2.26. The Kier molecular flexibility index (Phi) is 3.97. The predicted octanol–water partition coefficient (Wildman–Crippen LogP) is 4.06. The number of Topliss-reactive ketones (excluding diaryl/α,β-unsaturated/α-hetero) is 1. The highest BCUT2D eigenvalue weighted by molar-refractivity contribution is 5.80. The third-order valence-corrected chi connectivity index (χ3v) is 4.88. The van der Waals surface area contributed by atoms with Crippen molar-refractivity contribution in [2.24, 2.45) is 23.2 Å². The van der Waals surface area contributed by atoms with Crippen LogP contribution in [0.15, 0.2) is 0 Å². The lowest BCUT2D eigenvalue weighted by atomic mass is 9.73. The van der Waals surface area contributed by atoms with Gasteiger partial charge in [0.05, 0.1) is 0 Å². The minimum absolute atomic E-state index is 0.261. The van der Waals surface area contributed by atoms with Gasteiger partial charge in [0.25, 0.3) is 0 Å². The van der Waals surface area contributed by atoms with Crippen molar-refractivity contribution in [2.45, 2.75) is 60.3 Å². The van der Waals surface area contributed by atoms with Gasteiger partial charge in [0.2, 0.25) is 0 Å². The highest BCUT2D eigenvalue weighted by atomic mass is 16.1. The van der Waals surface area contributed by atoms with Crippen molar-refractivity contribution >= 4 is 5.78 Å². The summed E-state index contributed by atoms with van der Waals surface area (Å²) in [5.41, 5.74) is 0.364. The Hall–Kier alpha value is -0.330. The molecule has 0 amide bonds. The number of carbonyl (C=O) groups excluding carboxylic acids is 1. The van der Waals surface area contributed by atoms with Gasteiger partial charge >= 0.3 is 0 Å². The summed E-state index contributed by atoms with van der Waals surface area (Å²) in [4.78, 5) is 11.9. The van der Waals surface area contributed by atoms with Gasteiger partial charge in [0.1, 0.15) is 5.78 Å². The van der Waals surface area contributed by atoms with Crippen molar-refractivity contribution in [1.29, 1.82) is 0 Å². The monoisotopic (exact) mass is 210 g/mol. The Morgan fingerprint density at radius 1 is 1.40 bits per heavy atom. The number of ketones is 1.